The Morgan fingerprint density at radius 2 is 2.12 bits per heavy atom. The fourth-order valence-electron chi connectivity index (χ4n) is 2.88. The lowest BCUT2D eigenvalue weighted by Gasteiger charge is -2.04. The minimum absolute atomic E-state index is 0.0283. The van der Waals surface area contributed by atoms with Gasteiger partial charge in [-0.05, 0) is 43.5 Å². The van der Waals surface area contributed by atoms with Crippen LogP contribution in [0.1, 0.15) is 27.5 Å². The molecule has 0 saturated carbocycles. The van der Waals surface area contributed by atoms with Crippen LogP contribution in [0.5, 0.6) is 0 Å². The molecule has 4 aromatic rings. The molecule has 0 unspecified atom stereocenters. The van der Waals surface area contributed by atoms with Gasteiger partial charge in [0.1, 0.15) is 12.3 Å². The topological polar surface area (TPSA) is 91.6 Å². The van der Waals surface area contributed by atoms with Crippen molar-refractivity contribution in [2.24, 2.45) is 0 Å². The molecular weight excluding hydrogens is 352 g/mol. The fourth-order valence-corrected chi connectivity index (χ4v) is 3.53. The molecule has 4 aromatic heterocycles. The van der Waals surface area contributed by atoms with Gasteiger partial charge in [-0.15, -0.1) is 21.5 Å². The average Bonchev–Trinajstić information content (AvgIpc) is 3.35. The molecule has 4 heterocycles. The van der Waals surface area contributed by atoms with Crippen molar-refractivity contribution in [3.8, 4) is 16.5 Å². The third kappa shape index (κ3) is 2.86. The predicted molar refractivity (Wildman–Crippen MR) is 95.5 cm³/mol. The second-order valence-corrected chi connectivity index (χ2v) is 6.91. The van der Waals surface area contributed by atoms with E-state index in [2.05, 4.69) is 20.6 Å². The Kier molecular flexibility index (Phi) is 4.00. The lowest BCUT2D eigenvalue weighted by Crippen LogP contribution is -2.14. The number of ketones is 1. The first-order valence-electron chi connectivity index (χ1n) is 8.00. The highest BCUT2D eigenvalue weighted by molar-refractivity contribution is 7.13. The Balaban J connectivity index is 1.59. The molecule has 0 spiro atoms. The zero-order chi connectivity index (χ0) is 18.3. The molecule has 0 N–H and O–H groups in total. The maximum absolute atomic E-state index is 12.7. The van der Waals surface area contributed by atoms with Crippen molar-refractivity contribution in [2.75, 3.05) is 0 Å². The molecule has 0 aromatic carbocycles. The molecule has 0 saturated heterocycles. The largest absolute Gasteiger partial charge is 0.360 e. The van der Waals surface area contributed by atoms with E-state index in [0.717, 1.165) is 16.3 Å². The van der Waals surface area contributed by atoms with Crippen molar-refractivity contribution in [3.05, 3.63) is 52.4 Å². The molecule has 0 aliphatic rings. The molecule has 4 rings (SSSR count). The first-order chi connectivity index (χ1) is 12.5. The van der Waals surface area contributed by atoms with Crippen molar-refractivity contribution >= 4 is 17.1 Å². The smallest absolute Gasteiger partial charge is 0.214 e. The molecular formula is C17H16N6O2S. The second-order valence-electron chi connectivity index (χ2n) is 5.96. The molecule has 0 aliphatic carbocycles. The number of tetrazole rings is 1. The van der Waals surface area contributed by atoms with Gasteiger partial charge in [-0.25, -0.2) is 0 Å². The highest BCUT2D eigenvalue weighted by Crippen LogP contribution is 2.22. The minimum atomic E-state index is -0.0836. The molecule has 8 nitrogen and oxygen atoms in total. The number of hydrogen-bond donors (Lipinski definition) is 0. The first-order valence-corrected chi connectivity index (χ1v) is 8.88. The molecule has 132 valence electrons. The van der Waals surface area contributed by atoms with E-state index in [1.54, 1.807) is 0 Å². The van der Waals surface area contributed by atoms with Gasteiger partial charge in [-0.3, -0.25) is 9.36 Å². The third-order valence-corrected chi connectivity index (χ3v) is 4.92. The summed E-state index contributed by atoms with van der Waals surface area (Å²) in [6.07, 6.45) is 0. The van der Waals surface area contributed by atoms with Gasteiger partial charge in [0.15, 0.2) is 11.6 Å². The van der Waals surface area contributed by atoms with Crippen LogP contribution in [0.15, 0.2) is 34.2 Å². The van der Waals surface area contributed by atoms with Crippen LogP contribution in [-0.2, 0) is 6.54 Å². The Morgan fingerprint density at radius 1 is 1.27 bits per heavy atom. The third-order valence-electron chi connectivity index (χ3n) is 4.06. The molecule has 26 heavy (non-hydrogen) atoms. The number of Topliss-reactive ketones (excluding diaryl/α,β-unsaturated/α-hetero) is 1. The van der Waals surface area contributed by atoms with Gasteiger partial charge < -0.3 is 4.52 Å². The molecule has 9 heteroatoms. The molecule has 0 aliphatic heterocycles. The number of carbonyl (C=O) groups excluding carboxylic acids is 1. The van der Waals surface area contributed by atoms with Gasteiger partial charge >= 0.3 is 0 Å². The average molecular weight is 368 g/mol. The minimum Gasteiger partial charge on any atom is -0.360 e. The van der Waals surface area contributed by atoms with E-state index in [1.807, 2.05) is 55.0 Å². The van der Waals surface area contributed by atoms with Gasteiger partial charge in [-0.1, -0.05) is 11.2 Å². The van der Waals surface area contributed by atoms with Crippen LogP contribution in [0.25, 0.3) is 16.5 Å². The Labute approximate surface area is 153 Å². The van der Waals surface area contributed by atoms with Gasteiger partial charge in [-0.2, -0.15) is 4.80 Å². The monoisotopic (exact) mass is 368 g/mol. The van der Waals surface area contributed by atoms with Gasteiger partial charge in [0.05, 0.1) is 4.88 Å². The quantitative estimate of drug-likeness (QED) is 0.503. The number of carbonyl (C=O) groups is 1. The lowest BCUT2D eigenvalue weighted by atomic mass is 10.1. The summed E-state index contributed by atoms with van der Waals surface area (Å²) in [4.78, 5) is 15.0. The summed E-state index contributed by atoms with van der Waals surface area (Å²) in [6.45, 7) is 5.67. The SMILES string of the molecule is Cc1cc(-n2c(C)cc(C(=O)Cn3nnc(-c4cccs4)n3)c2C)no1. The van der Waals surface area contributed by atoms with Crippen LogP contribution in [0.3, 0.4) is 0 Å². The zero-order valence-corrected chi connectivity index (χ0v) is 15.3. The number of thiophene rings is 1. The van der Waals surface area contributed by atoms with Gasteiger partial charge in [0.25, 0.3) is 0 Å². The highest BCUT2D eigenvalue weighted by Gasteiger charge is 2.19. The fraction of sp³-hybridized carbons (Fsp3) is 0.235. The zero-order valence-electron chi connectivity index (χ0n) is 14.5. The summed E-state index contributed by atoms with van der Waals surface area (Å²) < 4.78 is 7.04. The summed E-state index contributed by atoms with van der Waals surface area (Å²) in [6, 6.07) is 7.52. The summed E-state index contributed by atoms with van der Waals surface area (Å²) in [5.41, 5.74) is 2.32. The van der Waals surface area contributed by atoms with Gasteiger partial charge in [0, 0.05) is 23.0 Å². The number of hydrogen-bond acceptors (Lipinski definition) is 7. The number of aromatic nitrogens is 6. The number of aryl methyl sites for hydroxylation is 2. The van der Waals surface area contributed by atoms with Crippen LogP contribution in [0, 0.1) is 20.8 Å². The molecule has 0 atom stereocenters. The maximum Gasteiger partial charge on any atom is 0.214 e. The van der Waals surface area contributed by atoms with E-state index in [9.17, 15) is 4.79 Å². The van der Waals surface area contributed by atoms with E-state index in [0.29, 0.717) is 23.0 Å². The maximum atomic E-state index is 12.7. The lowest BCUT2D eigenvalue weighted by molar-refractivity contribution is 0.0961. The van der Waals surface area contributed by atoms with E-state index in [1.165, 1.54) is 16.1 Å². The first kappa shape index (κ1) is 16.4. The predicted octanol–water partition coefficient (Wildman–Crippen LogP) is 2.99. The molecule has 0 fully saturated rings. The van der Waals surface area contributed by atoms with E-state index in [-0.39, 0.29) is 12.3 Å². The summed E-state index contributed by atoms with van der Waals surface area (Å²) in [5.74, 6) is 1.82. The number of rotatable bonds is 5. The van der Waals surface area contributed by atoms with E-state index >= 15 is 0 Å². The van der Waals surface area contributed by atoms with Crippen molar-refractivity contribution in [1.29, 1.82) is 0 Å². The van der Waals surface area contributed by atoms with Crippen LogP contribution in [-0.4, -0.2) is 35.7 Å². The summed E-state index contributed by atoms with van der Waals surface area (Å²) >= 11 is 1.53. The second kappa shape index (κ2) is 6.34. The van der Waals surface area contributed by atoms with E-state index < -0.39 is 0 Å². The number of nitrogens with zero attached hydrogens (tertiary/aromatic N) is 6. The molecule has 0 radical (unpaired) electrons. The van der Waals surface area contributed by atoms with Crippen molar-refractivity contribution in [1.82, 2.24) is 29.9 Å². The highest BCUT2D eigenvalue weighted by atomic mass is 32.1. The standard InChI is InChI=1S/C17H16N6O2S/c1-10-7-13(12(3)23(10)16-8-11(2)25-20-16)14(24)9-22-19-17(18-21-22)15-5-4-6-26-15/h4-8H,9H2,1-3H3. The summed E-state index contributed by atoms with van der Waals surface area (Å²) in [5, 5.41) is 18.3. The van der Waals surface area contributed by atoms with Crippen LogP contribution >= 0.6 is 11.3 Å². The molecule has 0 bridgehead atoms. The van der Waals surface area contributed by atoms with Crippen molar-refractivity contribution < 1.29 is 9.32 Å². The summed E-state index contributed by atoms with van der Waals surface area (Å²) in [7, 11) is 0. The normalized spacial score (nSPS) is 11.2. The van der Waals surface area contributed by atoms with Crippen molar-refractivity contribution in [2.45, 2.75) is 27.3 Å². The van der Waals surface area contributed by atoms with Crippen molar-refractivity contribution in [3.63, 3.8) is 0 Å². The Hall–Kier alpha value is -3.07. The van der Waals surface area contributed by atoms with Crippen LogP contribution in [0.2, 0.25) is 0 Å². The Morgan fingerprint density at radius 3 is 2.81 bits per heavy atom. The van der Waals surface area contributed by atoms with Crippen LogP contribution in [0.4, 0.5) is 0 Å². The van der Waals surface area contributed by atoms with E-state index in [4.69, 9.17) is 4.52 Å². The molecule has 0 amide bonds. The Bertz CT molecular complexity index is 1070. The van der Waals surface area contributed by atoms with Gasteiger partial charge in [0.2, 0.25) is 5.82 Å². The van der Waals surface area contributed by atoms with Crippen LogP contribution < -0.4 is 0 Å².